The molecule has 0 radical (unpaired) electrons. The minimum atomic E-state index is -2.93. The maximum atomic E-state index is 11.5. The minimum Gasteiger partial charge on any atom is -0.481 e. The zero-order valence-corrected chi connectivity index (χ0v) is 11.0. The van der Waals surface area contributed by atoms with Gasteiger partial charge in [-0.15, -0.1) is 0 Å². The second-order valence-electron chi connectivity index (χ2n) is 4.12. The lowest BCUT2D eigenvalue weighted by molar-refractivity contribution is 0.397. The number of nitrogens with two attached hydrogens (primary N) is 1. The van der Waals surface area contributed by atoms with Gasteiger partial charge in [-0.3, -0.25) is 0 Å². The van der Waals surface area contributed by atoms with Crippen molar-refractivity contribution in [3.8, 4) is 5.88 Å². The molecule has 2 rings (SSSR count). The van der Waals surface area contributed by atoms with Crippen LogP contribution in [0.4, 0.5) is 11.8 Å². The molecule has 0 atom stereocenters. The molecule has 8 heteroatoms. The zero-order valence-electron chi connectivity index (χ0n) is 10.2. The number of hydrogen-bond donors (Lipinski definition) is 1. The van der Waals surface area contributed by atoms with Crippen LogP contribution in [0.5, 0.6) is 5.88 Å². The van der Waals surface area contributed by atoms with Gasteiger partial charge in [-0.1, -0.05) is 0 Å². The Bertz CT molecular complexity index is 532. The molecule has 100 valence electrons. The molecule has 1 aromatic rings. The van der Waals surface area contributed by atoms with E-state index >= 15 is 0 Å². The third-order valence-electron chi connectivity index (χ3n) is 2.80. The van der Waals surface area contributed by atoms with Gasteiger partial charge in [0.05, 0.1) is 18.6 Å². The van der Waals surface area contributed by atoms with Crippen LogP contribution in [0, 0.1) is 0 Å². The van der Waals surface area contributed by atoms with Crippen LogP contribution in [0.1, 0.15) is 6.42 Å². The molecule has 1 saturated heterocycles. The van der Waals surface area contributed by atoms with Gasteiger partial charge in [0.25, 0.3) is 0 Å². The first-order chi connectivity index (χ1) is 8.50. The summed E-state index contributed by atoms with van der Waals surface area (Å²) in [5.74, 6) is 1.47. The van der Waals surface area contributed by atoms with Crippen LogP contribution in [-0.2, 0) is 9.84 Å². The molecule has 18 heavy (non-hydrogen) atoms. The first kappa shape index (κ1) is 12.9. The highest BCUT2D eigenvalue weighted by atomic mass is 32.2. The Morgan fingerprint density at radius 2 is 2.11 bits per heavy atom. The van der Waals surface area contributed by atoms with Crippen LogP contribution in [-0.4, -0.2) is 50.1 Å². The summed E-state index contributed by atoms with van der Waals surface area (Å²) in [6.07, 6.45) is 0.592. The van der Waals surface area contributed by atoms with Crippen LogP contribution >= 0.6 is 0 Å². The Hall–Kier alpha value is -1.57. The molecule has 0 aliphatic carbocycles. The van der Waals surface area contributed by atoms with Crippen molar-refractivity contribution < 1.29 is 13.2 Å². The summed E-state index contributed by atoms with van der Waals surface area (Å²) < 4.78 is 28.1. The fourth-order valence-corrected chi connectivity index (χ4v) is 3.14. The quantitative estimate of drug-likeness (QED) is 0.788. The molecule has 7 nitrogen and oxygen atoms in total. The third kappa shape index (κ3) is 3.00. The van der Waals surface area contributed by atoms with Gasteiger partial charge >= 0.3 is 0 Å². The van der Waals surface area contributed by atoms with Gasteiger partial charge < -0.3 is 15.4 Å². The lowest BCUT2D eigenvalue weighted by Crippen LogP contribution is -2.28. The molecule has 0 amide bonds. The smallest absolute Gasteiger partial charge is 0.225 e. The number of hydrogen-bond acceptors (Lipinski definition) is 7. The third-order valence-corrected chi connectivity index (χ3v) is 4.51. The van der Waals surface area contributed by atoms with Gasteiger partial charge in [-0.2, -0.15) is 9.97 Å². The van der Waals surface area contributed by atoms with Crippen molar-refractivity contribution in [3.63, 3.8) is 0 Å². The summed E-state index contributed by atoms with van der Waals surface area (Å²) in [6, 6.07) is 1.66. The highest BCUT2D eigenvalue weighted by molar-refractivity contribution is 7.91. The number of rotatable bonds is 2. The number of nitrogen functional groups attached to an aromatic ring is 1. The Kier molecular flexibility index (Phi) is 3.55. The average Bonchev–Trinajstić information content (AvgIpc) is 2.49. The maximum Gasteiger partial charge on any atom is 0.225 e. The highest BCUT2D eigenvalue weighted by Crippen LogP contribution is 2.20. The molecule has 2 heterocycles. The molecular weight excluding hydrogens is 256 g/mol. The molecular formula is C10H16N4O3S. The Balaban J connectivity index is 2.23. The lowest BCUT2D eigenvalue weighted by atomic mass is 10.4. The lowest BCUT2D eigenvalue weighted by Gasteiger charge is -2.21. The summed E-state index contributed by atoms with van der Waals surface area (Å²) in [6.45, 7) is 1.06. The molecule has 1 aliphatic heterocycles. The number of nitrogens with zero attached hydrogens (tertiary/aromatic N) is 3. The zero-order chi connectivity index (χ0) is 13.2. The monoisotopic (exact) mass is 272 g/mol. The molecule has 2 N–H and O–H groups in total. The van der Waals surface area contributed by atoms with E-state index in [0.29, 0.717) is 31.2 Å². The summed E-state index contributed by atoms with van der Waals surface area (Å²) in [7, 11) is -1.44. The maximum absolute atomic E-state index is 11.5. The van der Waals surface area contributed by atoms with Crippen LogP contribution in [0.25, 0.3) is 0 Å². The first-order valence-corrected chi connectivity index (χ1v) is 7.46. The normalized spacial score (nSPS) is 19.3. The molecule has 1 aliphatic rings. The number of methoxy groups -OCH3 is 1. The Morgan fingerprint density at radius 3 is 2.83 bits per heavy atom. The molecule has 0 unspecified atom stereocenters. The van der Waals surface area contributed by atoms with E-state index < -0.39 is 9.84 Å². The van der Waals surface area contributed by atoms with Gasteiger partial charge in [0.15, 0.2) is 9.84 Å². The minimum absolute atomic E-state index is 0.122. The van der Waals surface area contributed by atoms with Gasteiger partial charge in [0.2, 0.25) is 11.8 Å². The molecule has 0 saturated carbocycles. The molecule has 1 fully saturated rings. The van der Waals surface area contributed by atoms with Gasteiger partial charge in [-0.05, 0) is 6.42 Å². The molecule has 0 bridgehead atoms. The average molecular weight is 272 g/mol. The predicted octanol–water partition coefficient (Wildman–Crippen LogP) is -0.308. The van der Waals surface area contributed by atoms with Gasteiger partial charge in [-0.25, -0.2) is 8.42 Å². The van der Waals surface area contributed by atoms with Gasteiger partial charge in [0.1, 0.15) is 5.82 Å². The van der Waals surface area contributed by atoms with Crippen molar-refractivity contribution >= 4 is 21.6 Å². The summed E-state index contributed by atoms with van der Waals surface area (Å²) in [5, 5.41) is 0. The highest BCUT2D eigenvalue weighted by Gasteiger charge is 2.20. The van der Waals surface area contributed by atoms with Crippen LogP contribution in [0.15, 0.2) is 6.07 Å². The van der Waals surface area contributed by atoms with E-state index in [4.69, 9.17) is 10.5 Å². The topological polar surface area (TPSA) is 98.4 Å². The standard InChI is InChI=1S/C10H16N4O3S/c1-17-9-7-8(12-10(11)13-9)14-3-2-5-18(15,16)6-4-14/h7H,2-6H2,1H3,(H2,11,12,13). The van der Waals surface area contributed by atoms with Crippen molar-refractivity contribution in [1.29, 1.82) is 0 Å². The Morgan fingerprint density at radius 1 is 1.33 bits per heavy atom. The van der Waals surface area contributed by atoms with Crippen molar-refractivity contribution in [1.82, 2.24) is 9.97 Å². The first-order valence-electron chi connectivity index (χ1n) is 5.64. The van der Waals surface area contributed by atoms with Crippen molar-refractivity contribution in [2.24, 2.45) is 0 Å². The summed E-state index contributed by atoms with van der Waals surface area (Å²) in [5.41, 5.74) is 5.59. The molecule has 1 aromatic heterocycles. The SMILES string of the molecule is COc1cc(N2CCCS(=O)(=O)CC2)nc(N)n1. The van der Waals surface area contributed by atoms with Crippen LogP contribution < -0.4 is 15.4 Å². The van der Waals surface area contributed by atoms with E-state index in [9.17, 15) is 8.42 Å². The van der Waals surface area contributed by atoms with E-state index in [-0.39, 0.29) is 17.5 Å². The largest absolute Gasteiger partial charge is 0.481 e. The second-order valence-corrected chi connectivity index (χ2v) is 6.42. The second kappa shape index (κ2) is 4.97. The van der Waals surface area contributed by atoms with Crippen LogP contribution in [0.2, 0.25) is 0 Å². The summed E-state index contributed by atoms with van der Waals surface area (Å²) in [4.78, 5) is 9.91. The van der Waals surface area contributed by atoms with E-state index in [1.807, 2.05) is 4.90 Å². The summed E-state index contributed by atoms with van der Waals surface area (Å²) >= 11 is 0. The molecule has 0 spiro atoms. The number of anilines is 2. The van der Waals surface area contributed by atoms with E-state index in [0.717, 1.165) is 0 Å². The Labute approximate surface area is 106 Å². The van der Waals surface area contributed by atoms with Gasteiger partial charge in [0, 0.05) is 19.2 Å². The number of ether oxygens (including phenoxy) is 1. The van der Waals surface area contributed by atoms with E-state index in [1.165, 1.54) is 7.11 Å². The van der Waals surface area contributed by atoms with E-state index in [1.54, 1.807) is 6.07 Å². The fourth-order valence-electron chi connectivity index (χ4n) is 1.86. The van der Waals surface area contributed by atoms with Crippen molar-refractivity contribution in [2.75, 3.05) is 42.3 Å². The molecule has 0 aromatic carbocycles. The van der Waals surface area contributed by atoms with Crippen molar-refractivity contribution in [3.05, 3.63) is 6.07 Å². The number of aromatic nitrogens is 2. The van der Waals surface area contributed by atoms with E-state index in [2.05, 4.69) is 9.97 Å². The predicted molar refractivity (Wildman–Crippen MR) is 68.5 cm³/mol. The fraction of sp³-hybridized carbons (Fsp3) is 0.600. The van der Waals surface area contributed by atoms with Crippen LogP contribution in [0.3, 0.4) is 0 Å². The van der Waals surface area contributed by atoms with Crippen molar-refractivity contribution in [2.45, 2.75) is 6.42 Å². The number of sulfone groups is 1.